The molecule has 27 heavy (non-hydrogen) atoms. The zero-order chi connectivity index (χ0) is 18.6. The molecule has 0 aliphatic carbocycles. The van der Waals surface area contributed by atoms with Gasteiger partial charge in [0.15, 0.2) is 0 Å². The third-order valence-corrected chi connectivity index (χ3v) is 5.98. The van der Waals surface area contributed by atoms with Crippen molar-refractivity contribution in [3.63, 3.8) is 0 Å². The van der Waals surface area contributed by atoms with Crippen LogP contribution in [0.25, 0.3) is 0 Å². The van der Waals surface area contributed by atoms with E-state index in [0.29, 0.717) is 6.61 Å². The van der Waals surface area contributed by atoms with E-state index in [-0.39, 0.29) is 11.6 Å². The molecule has 0 aromatic heterocycles. The highest BCUT2D eigenvalue weighted by molar-refractivity contribution is 6.02. The van der Waals surface area contributed by atoms with Crippen molar-refractivity contribution in [1.82, 2.24) is 5.01 Å². The van der Waals surface area contributed by atoms with Crippen LogP contribution in [0.5, 0.6) is 5.75 Å². The molecule has 2 aromatic rings. The highest BCUT2D eigenvalue weighted by Gasteiger charge is 2.54. The number of hydrazone groups is 1. The van der Waals surface area contributed by atoms with Crippen LogP contribution in [-0.2, 0) is 4.74 Å². The topological polar surface area (TPSA) is 34.1 Å². The molecule has 0 unspecified atom stereocenters. The summed E-state index contributed by atoms with van der Waals surface area (Å²) in [5.41, 5.74) is 4.19. The Hall–Kier alpha value is -2.33. The van der Waals surface area contributed by atoms with Crippen LogP contribution in [-0.4, -0.2) is 28.7 Å². The monoisotopic (exact) mass is 362 g/mol. The summed E-state index contributed by atoms with van der Waals surface area (Å²) < 4.78 is 12.7. The molecule has 3 aliphatic heterocycles. The van der Waals surface area contributed by atoms with Crippen LogP contribution in [0.1, 0.15) is 55.8 Å². The molecule has 1 fully saturated rings. The van der Waals surface area contributed by atoms with Gasteiger partial charge in [-0.3, -0.25) is 0 Å². The third-order valence-electron chi connectivity index (χ3n) is 5.98. The standard InChI is InChI=1S/C23H26N2O2/c1-16-8-10-17(11-9-16)19-14-20-18-6-4-5-7-21(18)27-23(25(20)24-19)12-13-26-22(2,3)15-23/h4-11,20H,12-15H2,1-3H3/t20-,23+/m0/s1. The number of aryl methyl sites for hydroxylation is 1. The normalized spacial score (nSPS) is 28.3. The fraction of sp³-hybridized carbons (Fsp3) is 0.435. The van der Waals surface area contributed by atoms with E-state index in [1.54, 1.807) is 0 Å². The SMILES string of the molecule is Cc1ccc(C2=NN3[C@@H](C2)c2ccccc2O[C@@]32CCOC(C)(C)C2)cc1. The van der Waals surface area contributed by atoms with Gasteiger partial charge in [-0.2, -0.15) is 5.10 Å². The molecule has 4 nitrogen and oxygen atoms in total. The van der Waals surface area contributed by atoms with Gasteiger partial charge in [-0.05, 0) is 32.4 Å². The Morgan fingerprint density at radius 1 is 1.07 bits per heavy atom. The van der Waals surface area contributed by atoms with Crippen molar-refractivity contribution in [2.45, 2.75) is 57.4 Å². The Labute approximate surface area is 160 Å². The molecule has 0 radical (unpaired) electrons. The fourth-order valence-electron chi connectivity index (χ4n) is 4.72. The Bertz CT molecular complexity index is 903. The molecule has 0 amide bonds. The predicted octanol–water partition coefficient (Wildman–Crippen LogP) is 4.82. The van der Waals surface area contributed by atoms with E-state index in [2.05, 4.69) is 74.3 Å². The minimum absolute atomic E-state index is 0.222. The number of benzene rings is 2. The molecule has 140 valence electrons. The largest absolute Gasteiger partial charge is 0.466 e. The van der Waals surface area contributed by atoms with E-state index >= 15 is 0 Å². The second-order valence-electron chi connectivity index (χ2n) is 8.60. The molecule has 0 N–H and O–H groups in total. The number of para-hydroxylation sites is 1. The molecular weight excluding hydrogens is 336 g/mol. The highest BCUT2D eigenvalue weighted by Crippen LogP contribution is 2.51. The van der Waals surface area contributed by atoms with Gasteiger partial charge in [0, 0.05) is 24.8 Å². The van der Waals surface area contributed by atoms with Gasteiger partial charge in [-0.1, -0.05) is 48.0 Å². The van der Waals surface area contributed by atoms with Crippen LogP contribution < -0.4 is 4.74 Å². The lowest BCUT2D eigenvalue weighted by atomic mass is 9.86. The van der Waals surface area contributed by atoms with E-state index in [1.807, 2.05) is 0 Å². The maximum Gasteiger partial charge on any atom is 0.203 e. The number of rotatable bonds is 1. The Kier molecular flexibility index (Phi) is 3.63. The number of fused-ring (bicyclic) bond motifs is 4. The first-order chi connectivity index (χ1) is 13.0. The van der Waals surface area contributed by atoms with E-state index < -0.39 is 5.72 Å². The van der Waals surface area contributed by atoms with Crippen molar-refractivity contribution in [2.24, 2.45) is 5.10 Å². The number of nitrogens with zero attached hydrogens (tertiary/aromatic N) is 2. The van der Waals surface area contributed by atoms with E-state index in [9.17, 15) is 0 Å². The first kappa shape index (κ1) is 16.8. The van der Waals surface area contributed by atoms with Gasteiger partial charge in [0.2, 0.25) is 5.72 Å². The number of ether oxygens (including phenoxy) is 2. The quantitative estimate of drug-likeness (QED) is 0.729. The van der Waals surface area contributed by atoms with Crippen molar-refractivity contribution in [3.05, 3.63) is 65.2 Å². The Morgan fingerprint density at radius 2 is 1.85 bits per heavy atom. The molecule has 1 saturated heterocycles. The van der Waals surface area contributed by atoms with Crippen molar-refractivity contribution in [1.29, 1.82) is 0 Å². The summed E-state index contributed by atoms with van der Waals surface area (Å²) in [5, 5.41) is 7.37. The lowest BCUT2D eigenvalue weighted by Crippen LogP contribution is -2.60. The summed E-state index contributed by atoms with van der Waals surface area (Å²) in [6.45, 7) is 7.10. The fourth-order valence-corrected chi connectivity index (χ4v) is 4.72. The Balaban J connectivity index is 1.60. The van der Waals surface area contributed by atoms with E-state index in [0.717, 1.165) is 30.7 Å². The molecular formula is C23H26N2O2. The van der Waals surface area contributed by atoms with E-state index in [4.69, 9.17) is 14.6 Å². The van der Waals surface area contributed by atoms with Crippen molar-refractivity contribution in [2.75, 3.05) is 6.61 Å². The summed E-state index contributed by atoms with van der Waals surface area (Å²) in [7, 11) is 0. The molecule has 3 heterocycles. The van der Waals surface area contributed by atoms with Crippen LogP contribution in [0.4, 0.5) is 0 Å². The number of hydrogen-bond donors (Lipinski definition) is 0. The molecule has 3 aliphatic rings. The minimum Gasteiger partial charge on any atom is -0.466 e. The third kappa shape index (κ3) is 2.74. The van der Waals surface area contributed by atoms with Crippen LogP contribution in [0.15, 0.2) is 53.6 Å². The molecule has 5 rings (SSSR count). The van der Waals surface area contributed by atoms with Crippen LogP contribution in [0, 0.1) is 6.92 Å². The lowest BCUT2D eigenvalue weighted by Gasteiger charge is -2.52. The van der Waals surface area contributed by atoms with Gasteiger partial charge in [-0.15, -0.1) is 0 Å². The first-order valence-electron chi connectivity index (χ1n) is 9.82. The molecule has 2 atom stereocenters. The van der Waals surface area contributed by atoms with Gasteiger partial charge in [0.25, 0.3) is 0 Å². The average molecular weight is 362 g/mol. The summed E-state index contributed by atoms with van der Waals surface area (Å²) in [6, 6.07) is 17.3. The summed E-state index contributed by atoms with van der Waals surface area (Å²) in [5.74, 6) is 0.997. The predicted molar refractivity (Wildman–Crippen MR) is 106 cm³/mol. The number of hydrogen-bond acceptors (Lipinski definition) is 4. The highest BCUT2D eigenvalue weighted by atomic mass is 16.5. The van der Waals surface area contributed by atoms with Crippen LogP contribution >= 0.6 is 0 Å². The van der Waals surface area contributed by atoms with Gasteiger partial charge in [0.05, 0.1) is 24.0 Å². The van der Waals surface area contributed by atoms with Gasteiger partial charge in [0.1, 0.15) is 5.75 Å². The molecule has 4 heteroatoms. The maximum atomic E-state index is 6.65. The first-order valence-corrected chi connectivity index (χ1v) is 9.82. The zero-order valence-electron chi connectivity index (χ0n) is 16.2. The summed E-state index contributed by atoms with van der Waals surface area (Å²) >= 11 is 0. The van der Waals surface area contributed by atoms with E-state index in [1.165, 1.54) is 16.7 Å². The van der Waals surface area contributed by atoms with Gasteiger partial charge < -0.3 is 9.47 Å². The smallest absolute Gasteiger partial charge is 0.203 e. The molecule has 0 bridgehead atoms. The van der Waals surface area contributed by atoms with Gasteiger partial charge >= 0.3 is 0 Å². The van der Waals surface area contributed by atoms with Crippen molar-refractivity contribution >= 4 is 5.71 Å². The van der Waals surface area contributed by atoms with Crippen molar-refractivity contribution < 1.29 is 9.47 Å². The Morgan fingerprint density at radius 3 is 2.63 bits per heavy atom. The zero-order valence-corrected chi connectivity index (χ0v) is 16.2. The summed E-state index contributed by atoms with van der Waals surface area (Å²) in [6.07, 6.45) is 2.54. The molecule has 2 aromatic carbocycles. The van der Waals surface area contributed by atoms with Gasteiger partial charge in [-0.25, -0.2) is 5.01 Å². The maximum absolute atomic E-state index is 6.65. The van der Waals surface area contributed by atoms with Crippen LogP contribution in [0.2, 0.25) is 0 Å². The second kappa shape index (κ2) is 5.83. The second-order valence-corrected chi connectivity index (χ2v) is 8.60. The molecule has 1 spiro atoms. The van der Waals surface area contributed by atoms with Crippen LogP contribution in [0.3, 0.4) is 0 Å². The molecule has 0 saturated carbocycles. The lowest BCUT2D eigenvalue weighted by molar-refractivity contribution is -0.212. The van der Waals surface area contributed by atoms with Crippen molar-refractivity contribution in [3.8, 4) is 5.75 Å². The summed E-state index contributed by atoms with van der Waals surface area (Å²) in [4.78, 5) is 0. The average Bonchev–Trinajstić information content (AvgIpc) is 3.08. The minimum atomic E-state index is -0.437.